The maximum absolute atomic E-state index is 11.7. The van der Waals surface area contributed by atoms with Crippen LogP contribution in [0, 0.1) is 0 Å². The first-order chi connectivity index (χ1) is 13.0. The lowest BCUT2D eigenvalue weighted by molar-refractivity contribution is -0.120. The molecule has 0 aliphatic carbocycles. The van der Waals surface area contributed by atoms with Crippen LogP contribution < -0.4 is 20.1 Å². The zero-order valence-corrected chi connectivity index (χ0v) is 17.7. The van der Waals surface area contributed by atoms with Crippen molar-refractivity contribution in [3.8, 4) is 11.5 Å². The fraction of sp³-hybridized carbons (Fsp3) is 0.316. The molecule has 5 nitrogen and oxygen atoms in total. The molecule has 2 aromatic rings. The average Bonchev–Trinajstić information content (AvgIpc) is 3.02. The van der Waals surface area contributed by atoms with Crippen molar-refractivity contribution < 1.29 is 14.3 Å². The minimum Gasteiger partial charge on any atom is -0.493 e. The zero-order valence-electron chi connectivity index (χ0n) is 14.7. The van der Waals surface area contributed by atoms with Crippen LogP contribution in [0.3, 0.4) is 0 Å². The number of hydrogen-bond donors (Lipinski definition) is 2. The number of halogens is 3. The van der Waals surface area contributed by atoms with Gasteiger partial charge in [-0.1, -0.05) is 23.2 Å². The Kier molecular flexibility index (Phi) is 6.87. The van der Waals surface area contributed by atoms with Crippen molar-refractivity contribution in [2.24, 2.45) is 0 Å². The molecule has 1 amide bonds. The minimum atomic E-state index is -0.154. The van der Waals surface area contributed by atoms with Crippen LogP contribution in [0.25, 0.3) is 0 Å². The van der Waals surface area contributed by atoms with E-state index in [2.05, 4.69) is 26.6 Å². The number of nitrogens with one attached hydrogen (secondary N) is 2. The summed E-state index contributed by atoms with van der Waals surface area (Å²) in [5.74, 6) is 1.24. The van der Waals surface area contributed by atoms with E-state index in [4.69, 9.17) is 32.7 Å². The van der Waals surface area contributed by atoms with E-state index >= 15 is 0 Å². The topological polar surface area (TPSA) is 59.6 Å². The molecular formula is C19H19BrCl2N2O3. The van der Waals surface area contributed by atoms with Crippen molar-refractivity contribution in [3.63, 3.8) is 0 Å². The molecule has 1 atom stereocenters. The summed E-state index contributed by atoms with van der Waals surface area (Å²) < 4.78 is 12.2. The predicted molar refractivity (Wildman–Crippen MR) is 110 cm³/mol. The number of hydrogen-bond acceptors (Lipinski definition) is 4. The van der Waals surface area contributed by atoms with Gasteiger partial charge in [-0.25, -0.2) is 0 Å². The van der Waals surface area contributed by atoms with Crippen molar-refractivity contribution in [2.75, 3.05) is 13.7 Å². The van der Waals surface area contributed by atoms with Crippen molar-refractivity contribution in [3.05, 3.63) is 56.0 Å². The second-order valence-electron chi connectivity index (χ2n) is 6.19. The van der Waals surface area contributed by atoms with Crippen LogP contribution in [0.2, 0.25) is 10.0 Å². The highest BCUT2D eigenvalue weighted by Gasteiger charge is 2.23. The highest BCUT2D eigenvalue weighted by molar-refractivity contribution is 9.10. The Morgan fingerprint density at radius 1 is 1.19 bits per heavy atom. The highest BCUT2D eigenvalue weighted by atomic mass is 79.9. The van der Waals surface area contributed by atoms with Crippen molar-refractivity contribution in [2.45, 2.75) is 25.6 Å². The molecule has 1 aliphatic heterocycles. The van der Waals surface area contributed by atoms with E-state index in [1.165, 1.54) is 0 Å². The Hall–Kier alpha value is -1.47. The molecule has 1 unspecified atom stereocenters. The first kappa shape index (κ1) is 20.3. The number of amides is 1. The Balaban J connectivity index is 1.70. The summed E-state index contributed by atoms with van der Waals surface area (Å²) in [4.78, 5) is 11.7. The first-order valence-corrected chi connectivity index (χ1v) is 9.96. The molecule has 2 N–H and O–H groups in total. The van der Waals surface area contributed by atoms with Gasteiger partial charge in [0.05, 0.1) is 17.6 Å². The van der Waals surface area contributed by atoms with E-state index in [-0.39, 0.29) is 11.9 Å². The van der Waals surface area contributed by atoms with Crippen LogP contribution in [0.5, 0.6) is 11.5 Å². The molecule has 144 valence electrons. The second-order valence-corrected chi connectivity index (χ2v) is 7.92. The van der Waals surface area contributed by atoms with Crippen LogP contribution in [0.4, 0.5) is 0 Å². The van der Waals surface area contributed by atoms with Gasteiger partial charge in [-0.2, -0.15) is 0 Å². The predicted octanol–water partition coefficient (Wildman–Crippen LogP) is 4.32. The summed E-state index contributed by atoms with van der Waals surface area (Å²) in [6.45, 7) is 1.57. The lowest BCUT2D eigenvalue weighted by Crippen LogP contribution is -2.35. The quantitative estimate of drug-likeness (QED) is 0.628. The van der Waals surface area contributed by atoms with Gasteiger partial charge in [0.2, 0.25) is 5.91 Å². The van der Waals surface area contributed by atoms with Gasteiger partial charge >= 0.3 is 0 Å². The molecule has 27 heavy (non-hydrogen) atoms. The molecule has 0 spiro atoms. The SMILES string of the molecule is COc1cc(CNC2CCNC2=O)cc(Br)c1OCc1cc(Cl)cc(Cl)c1. The zero-order chi connectivity index (χ0) is 19.4. The molecule has 0 saturated carbocycles. The van der Waals surface area contributed by atoms with Gasteiger partial charge < -0.3 is 20.1 Å². The summed E-state index contributed by atoms with van der Waals surface area (Å²) in [7, 11) is 1.59. The van der Waals surface area contributed by atoms with Gasteiger partial charge in [-0.15, -0.1) is 0 Å². The van der Waals surface area contributed by atoms with E-state index in [9.17, 15) is 4.79 Å². The monoisotopic (exact) mass is 472 g/mol. The minimum absolute atomic E-state index is 0.0427. The largest absolute Gasteiger partial charge is 0.493 e. The lowest BCUT2D eigenvalue weighted by atomic mass is 10.1. The van der Waals surface area contributed by atoms with E-state index in [0.29, 0.717) is 41.2 Å². The molecule has 1 aliphatic rings. The Labute approximate surface area is 176 Å². The van der Waals surface area contributed by atoms with Gasteiger partial charge in [-0.3, -0.25) is 4.79 Å². The molecule has 0 aromatic heterocycles. The van der Waals surface area contributed by atoms with E-state index in [1.807, 2.05) is 12.1 Å². The van der Waals surface area contributed by atoms with Gasteiger partial charge in [-0.05, 0) is 63.8 Å². The van der Waals surface area contributed by atoms with Crippen molar-refractivity contribution in [1.29, 1.82) is 0 Å². The maximum Gasteiger partial charge on any atom is 0.237 e. The molecule has 1 heterocycles. The summed E-state index contributed by atoms with van der Waals surface area (Å²) >= 11 is 15.6. The maximum atomic E-state index is 11.7. The fourth-order valence-electron chi connectivity index (χ4n) is 2.89. The summed E-state index contributed by atoms with van der Waals surface area (Å²) in [6.07, 6.45) is 0.792. The number of rotatable bonds is 7. The van der Waals surface area contributed by atoms with Crippen LogP contribution in [-0.4, -0.2) is 25.6 Å². The van der Waals surface area contributed by atoms with Crippen LogP contribution >= 0.6 is 39.1 Å². The number of methoxy groups -OCH3 is 1. The summed E-state index contributed by atoms with van der Waals surface area (Å²) in [6, 6.07) is 8.97. The number of carbonyl (C=O) groups is 1. The molecule has 1 fully saturated rings. The summed E-state index contributed by atoms with van der Waals surface area (Å²) in [5.41, 5.74) is 1.84. The Morgan fingerprint density at radius 2 is 1.93 bits per heavy atom. The second kappa shape index (κ2) is 9.15. The summed E-state index contributed by atoms with van der Waals surface area (Å²) in [5, 5.41) is 7.19. The van der Waals surface area contributed by atoms with Crippen molar-refractivity contribution >= 4 is 45.0 Å². The molecular weight excluding hydrogens is 455 g/mol. The Bertz CT molecular complexity index is 828. The third kappa shape index (κ3) is 5.29. The number of benzene rings is 2. The molecule has 0 radical (unpaired) electrons. The molecule has 3 rings (SSSR count). The highest BCUT2D eigenvalue weighted by Crippen LogP contribution is 2.37. The molecule has 0 bridgehead atoms. The average molecular weight is 474 g/mol. The van der Waals surface area contributed by atoms with Crippen molar-refractivity contribution in [1.82, 2.24) is 10.6 Å². The molecule has 1 saturated heterocycles. The standard InChI is InChI=1S/C19H19BrCl2N2O3/c1-26-17-7-11(9-24-16-2-3-23-19(16)25)6-15(20)18(17)27-10-12-4-13(21)8-14(22)5-12/h4-8,16,24H,2-3,9-10H2,1H3,(H,23,25). The fourth-order valence-corrected chi connectivity index (χ4v) is 4.07. The van der Waals surface area contributed by atoms with Gasteiger partial charge in [0, 0.05) is 23.1 Å². The van der Waals surface area contributed by atoms with Crippen LogP contribution in [0.1, 0.15) is 17.5 Å². The number of carbonyl (C=O) groups excluding carboxylic acids is 1. The third-order valence-corrected chi connectivity index (χ3v) is 5.22. The third-order valence-electron chi connectivity index (χ3n) is 4.20. The molecule has 2 aromatic carbocycles. The van der Waals surface area contributed by atoms with Gasteiger partial charge in [0.1, 0.15) is 6.61 Å². The van der Waals surface area contributed by atoms with Crippen LogP contribution in [-0.2, 0) is 17.9 Å². The van der Waals surface area contributed by atoms with E-state index in [0.717, 1.165) is 22.0 Å². The number of ether oxygens (including phenoxy) is 2. The lowest BCUT2D eigenvalue weighted by Gasteiger charge is -2.16. The van der Waals surface area contributed by atoms with Gasteiger partial charge in [0.15, 0.2) is 11.5 Å². The Morgan fingerprint density at radius 3 is 2.56 bits per heavy atom. The van der Waals surface area contributed by atoms with Gasteiger partial charge in [0.25, 0.3) is 0 Å². The van der Waals surface area contributed by atoms with E-state index in [1.54, 1.807) is 25.3 Å². The van der Waals surface area contributed by atoms with Crippen LogP contribution in [0.15, 0.2) is 34.8 Å². The normalized spacial score (nSPS) is 16.3. The first-order valence-electron chi connectivity index (χ1n) is 8.41. The van der Waals surface area contributed by atoms with E-state index < -0.39 is 0 Å². The smallest absolute Gasteiger partial charge is 0.237 e. The molecule has 8 heteroatoms.